The molecule has 17 heavy (non-hydrogen) atoms. The number of halogens is 4. The first-order valence-corrected chi connectivity index (χ1v) is 5.34. The van der Waals surface area contributed by atoms with E-state index in [0.717, 1.165) is 0 Å². The highest BCUT2D eigenvalue weighted by Crippen LogP contribution is 2.44. The van der Waals surface area contributed by atoms with Crippen molar-refractivity contribution >= 4 is 21.9 Å². The zero-order valence-electron chi connectivity index (χ0n) is 8.25. The number of carbonyl (C=O) groups is 1. The van der Waals surface area contributed by atoms with Crippen LogP contribution in [0.25, 0.3) is 0 Å². The lowest BCUT2D eigenvalue weighted by Gasteiger charge is -2.14. The first-order valence-electron chi connectivity index (χ1n) is 4.54. The number of esters is 1. The molecule has 0 radical (unpaired) electrons. The smallest absolute Gasteiger partial charge is 0.423 e. The number of ether oxygens (including phenoxy) is 2. The molecule has 7 heteroatoms. The lowest BCUT2D eigenvalue weighted by Crippen LogP contribution is -2.43. The van der Waals surface area contributed by atoms with Crippen LogP contribution in [-0.4, -0.2) is 24.4 Å². The molecule has 0 spiro atoms. The number of carbonyl (C=O) groups excluding carboxylic acids is 1. The molecule has 3 nitrogen and oxygen atoms in total. The molecular weight excluding hydrogens is 305 g/mol. The minimum absolute atomic E-state index is 0.0247. The van der Waals surface area contributed by atoms with Crippen LogP contribution < -0.4 is 4.74 Å². The fraction of sp³-hybridized carbons (Fsp3) is 0.300. The van der Waals surface area contributed by atoms with Gasteiger partial charge in [-0.15, -0.1) is 0 Å². The van der Waals surface area contributed by atoms with Gasteiger partial charge in [0.15, 0.2) is 0 Å². The molecule has 1 unspecified atom stereocenters. The monoisotopic (exact) mass is 310 g/mol. The van der Waals surface area contributed by atoms with E-state index in [9.17, 15) is 18.0 Å². The van der Waals surface area contributed by atoms with Crippen LogP contribution in [0.1, 0.15) is 0 Å². The van der Waals surface area contributed by atoms with Crippen LogP contribution in [0.15, 0.2) is 28.7 Å². The van der Waals surface area contributed by atoms with Gasteiger partial charge in [0.2, 0.25) is 0 Å². The number of benzene rings is 1. The summed E-state index contributed by atoms with van der Waals surface area (Å²) in [6, 6.07) is 6.13. The van der Waals surface area contributed by atoms with Crippen LogP contribution in [-0.2, 0) is 9.53 Å². The molecule has 0 saturated carbocycles. The summed E-state index contributed by atoms with van der Waals surface area (Å²) >= 11 is 3.06. The maximum atomic E-state index is 12.5. The van der Waals surface area contributed by atoms with E-state index in [1.807, 2.05) is 0 Å². The Labute approximate surface area is 103 Å². The molecule has 1 heterocycles. The normalized spacial score (nSPS) is 23.3. The van der Waals surface area contributed by atoms with Gasteiger partial charge in [-0.3, -0.25) is 0 Å². The molecule has 0 aromatic heterocycles. The Morgan fingerprint density at radius 1 is 1.41 bits per heavy atom. The van der Waals surface area contributed by atoms with Gasteiger partial charge < -0.3 is 9.47 Å². The highest BCUT2D eigenvalue weighted by molar-refractivity contribution is 9.10. The summed E-state index contributed by atoms with van der Waals surface area (Å²) in [6.45, 7) is -0.695. The predicted octanol–water partition coefficient (Wildman–Crippen LogP) is 2.69. The summed E-state index contributed by atoms with van der Waals surface area (Å²) < 4.78 is 46.8. The molecule has 1 aliphatic heterocycles. The van der Waals surface area contributed by atoms with Crippen molar-refractivity contribution in [2.45, 2.75) is 11.8 Å². The van der Waals surface area contributed by atoms with Crippen molar-refractivity contribution in [3.05, 3.63) is 28.7 Å². The van der Waals surface area contributed by atoms with Gasteiger partial charge in [0, 0.05) is 0 Å². The Kier molecular flexibility index (Phi) is 2.90. The third-order valence-electron chi connectivity index (χ3n) is 2.26. The number of para-hydroxylation sites is 1. The van der Waals surface area contributed by atoms with E-state index in [2.05, 4.69) is 25.4 Å². The van der Waals surface area contributed by atoms with Crippen molar-refractivity contribution in [3.63, 3.8) is 0 Å². The second kappa shape index (κ2) is 3.99. The van der Waals surface area contributed by atoms with Gasteiger partial charge in [0.1, 0.15) is 5.75 Å². The van der Waals surface area contributed by atoms with Gasteiger partial charge in [0.05, 0.1) is 11.1 Å². The first kappa shape index (κ1) is 12.4. The number of alkyl halides is 3. The number of hydrogen-bond donors (Lipinski definition) is 0. The second-order valence-corrected chi connectivity index (χ2v) is 4.29. The molecule has 1 fully saturated rings. The van der Waals surface area contributed by atoms with Crippen molar-refractivity contribution in [3.8, 4) is 5.75 Å². The van der Waals surface area contributed by atoms with Crippen molar-refractivity contribution < 1.29 is 27.4 Å². The lowest BCUT2D eigenvalue weighted by atomic mass is 10.1. The molecule has 1 saturated heterocycles. The molecule has 1 atom stereocenters. The van der Waals surface area contributed by atoms with E-state index in [1.165, 1.54) is 6.07 Å². The van der Waals surface area contributed by atoms with Crippen molar-refractivity contribution in [2.75, 3.05) is 6.61 Å². The minimum Gasteiger partial charge on any atom is -0.423 e. The Morgan fingerprint density at radius 2 is 2.00 bits per heavy atom. The van der Waals surface area contributed by atoms with E-state index in [0.29, 0.717) is 4.47 Å². The minimum atomic E-state index is -4.76. The van der Waals surface area contributed by atoms with E-state index < -0.39 is 24.4 Å². The van der Waals surface area contributed by atoms with Crippen molar-refractivity contribution in [1.29, 1.82) is 0 Å². The number of rotatable bonds is 2. The number of hydrogen-bond acceptors (Lipinski definition) is 3. The summed E-state index contributed by atoms with van der Waals surface area (Å²) in [4.78, 5) is 11.4. The van der Waals surface area contributed by atoms with E-state index >= 15 is 0 Å². The largest absolute Gasteiger partial charge is 0.430 e. The average Bonchev–Trinajstić information content (AvgIpc) is 3.01. The van der Waals surface area contributed by atoms with Crippen LogP contribution in [0.2, 0.25) is 0 Å². The van der Waals surface area contributed by atoms with Crippen LogP contribution >= 0.6 is 15.9 Å². The van der Waals surface area contributed by atoms with E-state index in [4.69, 9.17) is 0 Å². The maximum absolute atomic E-state index is 12.5. The van der Waals surface area contributed by atoms with Gasteiger partial charge in [0.25, 0.3) is 5.60 Å². The zero-order valence-corrected chi connectivity index (χ0v) is 9.84. The van der Waals surface area contributed by atoms with Crippen molar-refractivity contribution in [1.82, 2.24) is 0 Å². The van der Waals surface area contributed by atoms with Crippen molar-refractivity contribution in [2.24, 2.45) is 0 Å². The summed E-state index contributed by atoms with van der Waals surface area (Å²) in [5.74, 6) is -1.42. The lowest BCUT2D eigenvalue weighted by molar-refractivity contribution is -0.198. The van der Waals surface area contributed by atoms with E-state index in [-0.39, 0.29) is 5.75 Å². The third kappa shape index (κ3) is 2.16. The predicted molar refractivity (Wildman–Crippen MR) is 54.5 cm³/mol. The molecule has 0 N–H and O–H groups in total. The maximum Gasteiger partial charge on any atom is 0.430 e. The number of epoxide rings is 1. The van der Waals surface area contributed by atoms with Crippen LogP contribution in [0.5, 0.6) is 5.75 Å². The quantitative estimate of drug-likeness (QED) is 0.479. The molecule has 0 aliphatic carbocycles. The van der Waals surface area contributed by atoms with Crippen LogP contribution in [0.3, 0.4) is 0 Å². The van der Waals surface area contributed by atoms with Crippen LogP contribution in [0, 0.1) is 0 Å². The molecular formula is C10H6BrF3O3. The fourth-order valence-corrected chi connectivity index (χ4v) is 1.54. The average molecular weight is 311 g/mol. The molecule has 1 aromatic carbocycles. The molecule has 92 valence electrons. The Balaban J connectivity index is 2.16. The molecule has 2 rings (SSSR count). The third-order valence-corrected chi connectivity index (χ3v) is 2.92. The zero-order chi connectivity index (χ0) is 12.7. The molecule has 1 aliphatic rings. The van der Waals surface area contributed by atoms with E-state index in [1.54, 1.807) is 18.2 Å². The Morgan fingerprint density at radius 3 is 2.47 bits per heavy atom. The van der Waals surface area contributed by atoms with Gasteiger partial charge in [-0.25, -0.2) is 4.79 Å². The van der Waals surface area contributed by atoms with Gasteiger partial charge >= 0.3 is 12.1 Å². The summed E-state index contributed by atoms with van der Waals surface area (Å²) in [6.07, 6.45) is -4.76. The highest BCUT2D eigenvalue weighted by atomic mass is 79.9. The molecule has 0 bridgehead atoms. The van der Waals surface area contributed by atoms with Crippen LogP contribution in [0.4, 0.5) is 13.2 Å². The second-order valence-electron chi connectivity index (χ2n) is 3.43. The summed E-state index contributed by atoms with van der Waals surface area (Å²) in [7, 11) is 0. The topological polar surface area (TPSA) is 38.8 Å². The molecule has 1 aromatic rings. The Hall–Kier alpha value is -1.08. The van der Waals surface area contributed by atoms with Gasteiger partial charge in [-0.05, 0) is 28.1 Å². The fourth-order valence-electron chi connectivity index (χ4n) is 1.18. The standard InChI is InChI=1S/C10H6BrF3O3/c11-6-3-1-2-4-7(6)17-8(15)9(5-16-9)10(12,13)14/h1-4H,5H2. The van der Waals surface area contributed by atoms with Gasteiger partial charge in [-0.1, -0.05) is 12.1 Å². The molecule has 0 amide bonds. The first-order chi connectivity index (χ1) is 7.87. The summed E-state index contributed by atoms with van der Waals surface area (Å²) in [5, 5.41) is 0. The van der Waals surface area contributed by atoms with Gasteiger partial charge in [-0.2, -0.15) is 13.2 Å². The SMILES string of the molecule is O=C(Oc1ccccc1Br)C1(C(F)(F)F)CO1. The Bertz CT molecular complexity index is 454. The highest BCUT2D eigenvalue weighted by Gasteiger charge is 2.73. The summed E-state index contributed by atoms with van der Waals surface area (Å²) in [5.41, 5.74) is -2.79.